The molecule has 0 spiro atoms. The highest BCUT2D eigenvalue weighted by molar-refractivity contribution is 5.62. The van der Waals surface area contributed by atoms with E-state index in [1.165, 1.54) is 0 Å². The van der Waals surface area contributed by atoms with Crippen LogP contribution in [0.2, 0.25) is 0 Å². The summed E-state index contributed by atoms with van der Waals surface area (Å²) in [5, 5.41) is 12.7. The van der Waals surface area contributed by atoms with Crippen LogP contribution in [-0.4, -0.2) is 13.7 Å². The van der Waals surface area contributed by atoms with Crippen LogP contribution < -0.4 is 14.8 Å². The van der Waals surface area contributed by atoms with E-state index in [1.807, 2.05) is 24.3 Å². The molecule has 4 nitrogen and oxygen atoms in total. The molecule has 1 heterocycles. The Morgan fingerprint density at radius 3 is 2.95 bits per heavy atom. The lowest BCUT2D eigenvalue weighted by Crippen LogP contribution is -2.20. The number of hydrogen-bond donors (Lipinski definition) is 1. The smallest absolute Gasteiger partial charge is 0.124 e. The van der Waals surface area contributed by atoms with Gasteiger partial charge in [-0.25, -0.2) is 0 Å². The number of fused-ring (bicyclic) bond motifs is 1. The molecular formula is C17H16N2O2. The van der Waals surface area contributed by atoms with Gasteiger partial charge in [0.1, 0.15) is 17.6 Å². The predicted molar refractivity (Wildman–Crippen MR) is 80.6 cm³/mol. The Morgan fingerprint density at radius 1 is 1.29 bits per heavy atom. The van der Waals surface area contributed by atoms with E-state index in [4.69, 9.17) is 9.47 Å². The number of rotatable bonds is 3. The molecule has 0 fully saturated rings. The van der Waals surface area contributed by atoms with Crippen LogP contribution in [0.5, 0.6) is 11.5 Å². The van der Waals surface area contributed by atoms with Crippen molar-refractivity contribution < 1.29 is 9.47 Å². The second-order valence-corrected chi connectivity index (χ2v) is 4.90. The maximum Gasteiger partial charge on any atom is 0.124 e. The number of ether oxygens (including phenoxy) is 2. The Morgan fingerprint density at radius 2 is 2.14 bits per heavy atom. The average Bonchev–Trinajstić information content (AvgIpc) is 2.55. The normalized spacial score (nSPS) is 16.3. The first-order valence-electron chi connectivity index (χ1n) is 6.88. The largest absolute Gasteiger partial charge is 0.497 e. The highest BCUT2D eigenvalue weighted by Gasteiger charge is 2.21. The minimum Gasteiger partial charge on any atom is -0.497 e. The van der Waals surface area contributed by atoms with Crippen molar-refractivity contribution in [2.45, 2.75) is 12.5 Å². The molecule has 106 valence electrons. The third-order valence-electron chi connectivity index (χ3n) is 3.64. The molecule has 1 atom stereocenters. The molecule has 0 saturated carbocycles. The average molecular weight is 280 g/mol. The van der Waals surface area contributed by atoms with Crippen LogP contribution in [0.1, 0.15) is 23.6 Å². The van der Waals surface area contributed by atoms with Crippen molar-refractivity contribution in [2.75, 3.05) is 19.0 Å². The van der Waals surface area contributed by atoms with Crippen molar-refractivity contribution >= 4 is 5.69 Å². The van der Waals surface area contributed by atoms with Crippen LogP contribution in [0, 0.1) is 11.3 Å². The molecule has 3 rings (SSSR count). The zero-order valence-corrected chi connectivity index (χ0v) is 11.8. The number of benzene rings is 2. The van der Waals surface area contributed by atoms with Gasteiger partial charge in [-0.2, -0.15) is 5.26 Å². The highest BCUT2D eigenvalue weighted by Crippen LogP contribution is 2.35. The van der Waals surface area contributed by atoms with E-state index >= 15 is 0 Å². The van der Waals surface area contributed by atoms with E-state index in [0.29, 0.717) is 12.2 Å². The molecule has 21 heavy (non-hydrogen) atoms. The summed E-state index contributed by atoms with van der Waals surface area (Å²) in [6, 6.07) is 15.8. The lowest BCUT2D eigenvalue weighted by Gasteiger charge is -2.27. The summed E-state index contributed by atoms with van der Waals surface area (Å²) in [6.07, 6.45) is 0.860. The molecule has 0 saturated heterocycles. The lowest BCUT2D eigenvalue weighted by atomic mass is 9.99. The monoisotopic (exact) mass is 280 g/mol. The highest BCUT2D eigenvalue weighted by atomic mass is 16.5. The Bertz CT molecular complexity index is 691. The fraction of sp³-hybridized carbons (Fsp3) is 0.235. The molecule has 1 unspecified atom stereocenters. The summed E-state index contributed by atoms with van der Waals surface area (Å²) in [7, 11) is 1.62. The number of hydrogen-bond acceptors (Lipinski definition) is 4. The number of para-hydroxylation sites is 1. The van der Waals surface area contributed by atoms with Gasteiger partial charge in [-0.05, 0) is 18.2 Å². The molecule has 0 amide bonds. The van der Waals surface area contributed by atoms with E-state index in [0.717, 1.165) is 29.2 Å². The predicted octanol–water partition coefficient (Wildman–Crippen LogP) is 3.50. The topological polar surface area (TPSA) is 54.3 Å². The van der Waals surface area contributed by atoms with Crippen molar-refractivity contribution in [1.29, 1.82) is 5.26 Å². The number of nitrogens with zero attached hydrogens (tertiary/aromatic N) is 1. The van der Waals surface area contributed by atoms with Gasteiger partial charge < -0.3 is 14.8 Å². The molecule has 1 aliphatic heterocycles. The summed E-state index contributed by atoms with van der Waals surface area (Å²) in [5.74, 6) is 1.64. The Balaban J connectivity index is 1.93. The molecular weight excluding hydrogens is 264 g/mol. The van der Waals surface area contributed by atoms with Crippen molar-refractivity contribution in [3.8, 4) is 17.6 Å². The summed E-state index contributed by atoms with van der Waals surface area (Å²) < 4.78 is 10.9. The van der Waals surface area contributed by atoms with Gasteiger partial charge in [-0.3, -0.25) is 0 Å². The summed E-state index contributed by atoms with van der Waals surface area (Å²) >= 11 is 0. The molecule has 1 aliphatic rings. The van der Waals surface area contributed by atoms with Gasteiger partial charge in [0, 0.05) is 18.1 Å². The Labute approximate surface area is 123 Å². The first-order chi connectivity index (χ1) is 10.3. The third kappa shape index (κ3) is 2.63. The summed E-state index contributed by atoms with van der Waals surface area (Å²) in [4.78, 5) is 0. The van der Waals surface area contributed by atoms with Gasteiger partial charge in [0.25, 0.3) is 0 Å². The summed E-state index contributed by atoms with van der Waals surface area (Å²) in [6.45, 7) is 0.667. The molecule has 1 N–H and O–H groups in total. The number of nitrogens with one attached hydrogen (secondary N) is 1. The van der Waals surface area contributed by atoms with Crippen LogP contribution in [-0.2, 0) is 0 Å². The van der Waals surface area contributed by atoms with Crippen LogP contribution in [0.3, 0.4) is 0 Å². The van der Waals surface area contributed by atoms with Gasteiger partial charge in [-0.15, -0.1) is 0 Å². The molecule has 0 bridgehead atoms. The molecule has 4 heteroatoms. The maximum atomic E-state index is 9.25. The minimum absolute atomic E-state index is 0.133. The standard InChI is InChI=1S/C17H16N2O2/c1-20-13-7-6-12(11-18)16(10-13)19-15-8-9-21-17-5-3-2-4-14(15)17/h2-7,10,15,19H,8-9H2,1H3. The van der Waals surface area contributed by atoms with Crippen molar-refractivity contribution in [2.24, 2.45) is 0 Å². The number of nitriles is 1. The van der Waals surface area contributed by atoms with Crippen LogP contribution in [0.25, 0.3) is 0 Å². The Kier molecular flexibility index (Phi) is 3.65. The zero-order valence-electron chi connectivity index (χ0n) is 11.8. The van der Waals surface area contributed by atoms with E-state index in [2.05, 4.69) is 17.5 Å². The van der Waals surface area contributed by atoms with E-state index < -0.39 is 0 Å². The first-order valence-corrected chi connectivity index (χ1v) is 6.88. The van der Waals surface area contributed by atoms with Gasteiger partial charge in [0.05, 0.1) is 31.0 Å². The number of anilines is 1. The van der Waals surface area contributed by atoms with Crippen molar-refractivity contribution in [1.82, 2.24) is 0 Å². The quantitative estimate of drug-likeness (QED) is 0.935. The fourth-order valence-corrected chi connectivity index (χ4v) is 2.55. The second kappa shape index (κ2) is 5.76. The van der Waals surface area contributed by atoms with Gasteiger partial charge in [0.15, 0.2) is 0 Å². The Hall–Kier alpha value is -2.67. The van der Waals surface area contributed by atoms with Gasteiger partial charge in [-0.1, -0.05) is 18.2 Å². The lowest BCUT2D eigenvalue weighted by molar-refractivity contribution is 0.274. The molecule has 0 aliphatic carbocycles. The van der Waals surface area contributed by atoms with Crippen molar-refractivity contribution in [3.05, 3.63) is 53.6 Å². The second-order valence-electron chi connectivity index (χ2n) is 4.90. The zero-order chi connectivity index (χ0) is 14.7. The third-order valence-corrected chi connectivity index (χ3v) is 3.64. The van der Waals surface area contributed by atoms with Crippen molar-refractivity contribution in [3.63, 3.8) is 0 Å². The molecule has 2 aromatic rings. The SMILES string of the molecule is COc1ccc(C#N)c(NC2CCOc3ccccc32)c1. The van der Waals surface area contributed by atoms with Crippen LogP contribution in [0.15, 0.2) is 42.5 Å². The van der Waals surface area contributed by atoms with E-state index in [1.54, 1.807) is 19.2 Å². The van der Waals surface area contributed by atoms with Crippen LogP contribution >= 0.6 is 0 Å². The molecule has 0 aromatic heterocycles. The summed E-state index contributed by atoms with van der Waals surface area (Å²) in [5.41, 5.74) is 2.52. The maximum absolute atomic E-state index is 9.25. The molecule has 0 radical (unpaired) electrons. The van der Waals surface area contributed by atoms with E-state index in [-0.39, 0.29) is 6.04 Å². The first kappa shape index (κ1) is 13.3. The van der Waals surface area contributed by atoms with E-state index in [9.17, 15) is 5.26 Å². The van der Waals surface area contributed by atoms with Crippen LogP contribution in [0.4, 0.5) is 5.69 Å². The van der Waals surface area contributed by atoms with Gasteiger partial charge >= 0.3 is 0 Å². The molecule has 2 aromatic carbocycles. The minimum atomic E-state index is 0.133. The number of methoxy groups -OCH3 is 1. The van der Waals surface area contributed by atoms with Gasteiger partial charge in [0.2, 0.25) is 0 Å². The fourth-order valence-electron chi connectivity index (χ4n) is 2.55.